The molecule has 3 N–H and O–H groups in total. The molecule has 0 radical (unpaired) electrons. The summed E-state index contributed by atoms with van der Waals surface area (Å²) < 4.78 is 22.2. The molecular formula is C9H9N3O2S. The highest BCUT2D eigenvalue weighted by Crippen LogP contribution is 2.19. The molecule has 78 valence electrons. The molecular weight excluding hydrogens is 214 g/mol. The van der Waals surface area contributed by atoms with Crippen molar-refractivity contribution in [1.29, 1.82) is 0 Å². The van der Waals surface area contributed by atoms with Crippen LogP contribution in [-0.4, -0.2) is 14.6 Å². The van der Waals surface area contributed by atoms with Crippen LogP contribution in [0.3, 0.4) is 0 Å². The number of nitrogens with zero attached hydrogens (tertiary/aromatic N) is 1. The van der Waals surface area contributed by atoms with Crippen molar-refractivity contribution in [3.8, 4) is 0 Å². The molecule has 5 nitrogen and oxygen atoms in total. The van der Waals surface area contributed by atoms with E-state index in [0.29, 0.717) is 5.69 Å². The second-order valence-electron chi connectivity index (χ2n) is 3.03. The standard InChI is InChI=1S/C9H9N3O2S/c10-15(13,14)9-6-11-5-7-3-1-2-4-8(7)12-9/h1-6,12H,(H2,10,13,14). The zero-order valence-electron chi connectivity index (χ0n) is 7.71. The molecule has 6 heteroatoms. The summed E-state index contributed by atoms with van der Waals surface area (Å²) in [6, 6.07) is 7.22. The fraction of sp³-hybridized carbons (Fsp3) is 0. The minimum absolute atomic E-state index is 0.108. The first-order valence-electron chi connectivity index (χ1n) is 4.19. The summed E-state index contributed by atoms with van der Waals surface area (Å²) >= 11 is 0. The van der Waals surface area contributed by atoms with Crippen LogP contribution >= 0.6 is 0 Å². The van der Waals surface area contributed by atoms with Crippen LogP contribution in [0.5, 0.6) is 0 Å². The van der Waals surface area contributed by atoms with Gasteiger partial charge in [-0.1, -0.05) is 18.2 Å². The van der Waals surface area contributed by atoms with Crippen molar-refractivity contribution >= 4 is 21.9 Å². The van der Waals surface area contributed by atoms with Crippen LogP contribution in [0.4, 0.5) is 5.69 Å². The second kappa shape index (κ2) is 3.48. The van der Waals surface area contributed by atoms with Gasteiger partial charge in [-0.25, -0.2) is 13.6 Å². The molecule has 0 spiro atoms. The first kappa shape index (κ1) is 9.88. The number of fused-ring (bicyclic) bond motifs is 1. The van der Waals surface area contributed by atoms with E-state index in [1.165, 1.54) is 6.20 Å². The summed E-state index contributed by atoms with van der Waals surface area (Å²) in [5.74, 6) is 0. The first-order chi connectivity index (χ1) is 7.07. The number of hydrogen-bond acceptors (Lipinski definition) is 4. The van der Waals surface area contributed by atoms with Crippen molar-refractivity contribution in [2.75, 3.05) is 5.32 Å². The third-order valence-corrected chi connectivity index (χ3v) is 2.75. The van der Waals surface area contributed by atoms with Crippen LogP contribution in [0.25, 0.3) is 0 Å². The minimum Gasteiger partial charge on any atom is -0.343 e. The Balaban J connectivity index is 2.49. The molecule has 1 aliphatic heterocycles. The van der Waals surface area contributed by atoms with E-state index in [4.69, 9.17) is 5.14 Å². The van der Waals surface area contributed by atoms with Crippen molar-refractivity contribution in [2.24, 2.45) is 10.1 Å². The van der Waals surface area contributed by atoms with Gasteiger partial charge >= 0.3 is 0 Å². The lowest BCUT2D eigenvalue weighted by molar-refractivity contribution is 0.604. The van der Waals surface area contributed by atoms with E-state index in [1.54, 1.807) is 18.3 Å². The lowest BCUT2D eigenvalue weighted by Crippen LogP contribution is -2.20. The third kappa shape index (κ3) is 2.05. The van der Waals surface area contributed by atoms with E-state index >= 15 is 0 Å². The predicted octanol–water partition coefficient (Wildman–Crippen LogP) is 0.618. The molecule has 0 fully saturated rings. The molecule has 15 heavy (non-hydrogen) atoms. The molecule has 0 unspecified atom stereocenters. The summed E-state index contributed by atoms with van der Waals surface area (Å²) in [5.41, 5.74) is 1.48. The van der Waals surface area contributed by atoms with Gasteiger partial charge in [0.1, 0.15) is 0 Å². The average Bonchev–Trinajstić information content (AvgIpc) is 2.38. The fourth-order valence-corrected chi connectivity index (χ4v) is 1.68. The van der Waals surface area contributed by atoms with Crippen LogP contribution in [0.1, 0.15) is 5.56 Å². The molecule has 0 atom stereocenters. The van der Waals surface area contributed by atoms with Crippen LogP contribution in [-0.2, 0) is 10.0 Å². The quantitative estimate of drug-likeness (QED) is 0.731. The zero-order valence-corrected chi connectivity index (χ0v) is 8.53. The molecule has 0 aromatic heterocycles. The maximum Gasteiger partial charge on any atom is 0.255 e. The number of anilines is 1. The van der Waals surface area contributed by atoms with Crippen molar-refractivity contribution < 1.29 is 8.42 Å². The molecule has 2 rings (SSSR count). The Hall–Kier alpha value is -1.66. The fourth-order valence-electron chi connectivity index (χ4n) is 1.22. The summed E-state index contributed by atoms with van der Waals surface area (Å²) in [6.45, 7) is 0. The Morgan fingerprint density at radius 1 is 1.27 bits per heavy atom. The molecule has 0 saturated heterocycles. The Kier molecular flexibility index (Phi) is 2.29. The highest BCUT2D eigenvalue weighted by atomic mass is 32.2. The topological polar surface area (TPSA) is 84.6 Å². The molecule has 0 saturated carbocycles. The van der Waals surface area contributed by atoms with Gasteiger partial charge in [0, 0.05) is 17.5 Å². The molecule has 0 amide bonds. The van der Waals surface area contributed by atoms with Gasteiger partial charge < -0.3 is 5.32 Å². The van der Waals surface area contributed by atoms with Crippen molar-refractivity contribution in [3.63, 3.8) is 0 Å². The van der Waals surface area contributed by atoms with E-state index < -0.39 is 10.0 Å². The largest absolute Gasteiger partial charge is 0.343 e. The average molecular weight is 223 g/mol. The smallest absolute Gasteiger partial charge is 0.255 e. The van der Waals surface area contributed by atoms with E-state index in [9.17, 15) is 8.42 Å². The van der Waals surface area contributed by atoms with E-state index in [0.717, 1.165) is 5.56 Å². The van der Waals surface area contributed by atoms with Gasteiger partial charge in [-0.05, 0) is 6.07 Å². The monoisotopic (exact) mass is 223 g/mol. The Morgan fingerprint density at radius 3 is 2.73 bits per heavy atom. The lowest BCUT2D eigenvalue weighted by Gasteiger charge is -2.07. The van der Waals surface area contributed by atoms with Gasteiger partial charge in [0.2, 0.25) is 0 Å². The van der Waals surface area contributed by atoms with Crippen LogP contribution in [0.15, 0.2) is 40.5 Å². The minimum atomic E-state index is -3.76. The van der Waals surface area contributed by atoms with Gasteiger partial charge in [0.25, 0.3) is 10.0 Å². The number of rotatable bonds is 1. The summed E-state index contributed by atoms with van der Waals surface area (Å²) in [4.78, 5) is 3.85. The zero-order chi connectivity index (χ0) is 10.9. The molecule has 1 heterocycles. The van der Waals surface area contributed by atoms with Gasteiger partial charge in [0.05, 0.1) is 6.20 Å². The van der Waals surface area contributed by atoms with Crippen molar-refractivity contribution in [2.45, 2.75) is 0 Å². The Morgan fingerprint density at radius 2 is 2.00 bits per heavy atom. The molecule has 1 aromatic carbocycles. The molecule has 0 bridgehead atoms. The maximum absolute atomic E-state index is 11.1. The number of nitrogens with two attached hydrogens (primary N) is 1. The van der Waals surface area contributed by atoms with Crippen LogP contribution in [0, 0.1) is 0 Å². The molecule has 1 aromatic rings. The first-order valence-corrected chi connectivity index (χ1v) is 5.74. The molecule has 0 aliphatic carbocycles. The lowest BCUT2D eigenvalue weighted by atomic mass is 10.2. The predicted molar refractivity (Wildman–Crippen MR) is 58.8 cm³/mol. The number of sulfonamides is 1. The Bertz CT molecular complexity index is 546. The number of primary sulfonamides is 1. The number of nitrogens with one attached hydrogen (secondary N) is 1. The highest BCUT2D eigenvalue weighted by Gasteiger charge is 2.14. The van der Waals surface area contributed by atoms with E-state index in [1.807, 2.05) is 12.1 Å². The number of hydrogen-bond donors (Lipinski definition) is 2. The van der Waals surface area contributed by atoms with Gasteiger partial charge in [-0.3, -0.25) is 4.99 Å². The summed E-state index contributed by atoms with van der Waals surface area (Å²) in [6.07, 6.45) is 2.76. The van der Waals surface area contributed by atoms with Gasteiger partial charge in [0.15, 0.2) is 5.03 Å². The maximum atomic E-state index is 11.1. The van der Waals surface area contributed by atoms with Gasteiger partial charge in [-0.2, -0.15) is 0 Å². The van der Waals surface area contributed by atoms with E-state index in [2.05, 4.69) is 10.3 Å². The van der Waals surface area contributed by atoms with E-state index in [-0.39, 0.29) is 5.03 Å². The normalized spacial score (nSPS) is 14.9. The number of para-hydroxylation sites is 1. The van der Waals surface area contributed by atoms with Crippen molar-refractivity contribution in [1.82, 2.24) is 0 Å². The Labute approximate surface area is 87.4 Å². The number of aliphatic imine (C=N–C) groups is 1. The SMILES string of the molecule is NS(=O)(=O)C1=CN=Cc2ccccc2N1. The van der Waals surface area contributed by atoms with Crippen LogP contribution in [0.2, 0.25) is 0 Å². The van der Waals surface area contributed by atoms with Gasteiger partial charge in [-0.15, -0.1) is 0 Å². The van der Waals surface area contributed by atoms with Crippen LogP contribution < -0.4 is 10.5 Å². The molecule has 1 aliphatic rings. The number of benzene rings is 1. The second-order valence-corrected chi connectivity index (χ2v) is 4.56. The highest BCUT2D eigenvalue weighted by molar-refractivity contribution is 7.93. The summed E-state index contributed by atoms with van der Waals surface area (Å²) in [5, 5.41) is 7.62. The summed E-state index contributed by atoms with van der Waals surface area (Å²) in [7, 11) is -3.76. The third-order valence-electron chi connectivity index (χ3n) is 1.93. The van der Waals surface area contributed by atoms with Crippen molar-refractivity contribution in [3.05, 3.63) is 41.1 Å².